The molecule has 0 spiro atoms. The van der Waals surface area contributed by atoms with Crippen molar-refractivity contribution in [3.8, 4) is 12.3 Å². The fraction of sp³-hybridized carbons (Fsp3) is 0.462. The smallest absolute Gasteiger partial charge is 0.332 e. The topological polar surface area (TPSA) is 26.3 Å². The average Bonchev–Trinajstić information content (AvgIpc) is 2.13. The summed E-state index contributed by atoms with van der Waals surface area (Å²) in [6, 6.07) is 0. The van der Waals surface area contributed by atoms with Gasteiger partial charge < -0.3 is 4.74 Å². The van der Waals surface area contributed by atoms with Crippen LogP contribution in [-0.2, 0) is 9.53 Å². The van der Waals surface area contributed by atoms with E-state index in [2.05, 4.69) is 5.92 Å². The van der Waals surface area contributed by atoms with E-state index in [0.717, 1.165) is 17.6 Å². The van der Waals surface area contributed by atoms with Gasteiger partial charge in [-0.2, -0.15) is 0 Å². The largest absolute Gasteiger partial charge is 0.441 e. The van der Waals surface area contributed by atoms with Gasteiger partial charge in [0.2, 0.25) is 0 Å². The van der Waals surface area contributed by atoms with Crippen molar-refractivity contribution in [3.63, 3.8) is 0 Å². The Hall–Kier alpha value is -1.49. The summed E-state index contributed by atoms with van der Waals surface area (Å²) in [4.78, 5) is 11.3. The highest BCUT2D eigenvalue weighted by molar-refractivity contribution is 5.83. The third-order valence-electron chi connectivity index (χ3n) is 1.73. The molecule has 0 fully saturated rings. The number of terminal acetylenes is 1. The Morgan fingerprint density at radius 3 is 2.47 bits per heavy atom. The number of carbonyl (C=O) groups is 1. The maximum absolute atomic E-state index is 11.3. The van der Waals surface area contributed by atoms with Gasteiger partial charge in [-0.15, -0.1) is 6.42 Å². The second-order valence-corrected chi connectivity index (χ2v) is 3.56. The van der Waals surface area contributed by atoms with Gasteiger partial charge in [-0.05, 0) is 32.8 Å². The third kappa shape index (κ3) is 5.74. The molecule has 1 atom stereocenters. The van der Waals surface area contributed by atoms with Gasteiger partial charge in [0.05, 0.1) is 0 Å². The monoisotopic (exact) mass is 206 g/mol. The third-order valence-corrected chi connectivity index (χ3v) is 1.73. The van der Waals surface area contributed by atoms with Crippen LogP contribution < -0.4 is 0 Å². The van der Waals surface area contributed by atoms with Crippen molar-refractivity contribution in [3.05, 3.63) is 23.3 Å². The minimum Gasteiger partial charge on any atom is -0.441 e. The van der Waals surface area contributed by atoms with Crippen molar-refractivity contribution in [2.45, 2.75) is 40.2 Å². The standard InChI is InChI=1S/C13H18O2/c1-6-8-11(5)12(7-2)15-13(14)9-10(3)4/h2,8-9,12H,6H2,1,3-5H3. The van der Waals surface area contributed by atoms with Gasteiger partial charge in [0.15, 0.2) is 6.10 Å². The van der Waals surface area contributed by atoms with Crippen LogP contribution in [0.4, 0.5) is 0 Å². The second kappa shape index (κ2) is 6.89. The van der Waals surface area contributed by atoms with Gasteiger partial charge in [0.25, 0.3) is 0 Å². The van der Waals surface area contributed by atoms with Gasteiger partial charge >= 0.3 is 5.97 Å². The lowest BCUT2D eigenvalue weighted by Crippen LogP contribution is -2.16. The van der Waals surface area contributed by atoms with E-state index in [1.807, 2.05) is 33.8 Å². The molecule has 0 saturated heterocycles. The Bertz CT molecular complexity index is 312. The van der Waals surface area contributed by atoms with Gasteiger partial charge in [0, 0.05) is 6.08 Å². The Kier molecular flexibility index (Phi) is 6.21. The lowest BCUT2D eigenvalue weighted by molar-refractivity contribution is -0.139. The van der Waals surface area contributed by atoms with E-state index < -0.39 is 6.10 Å². The summed E-state index contributed by atoms with van der Waals surface area (Å²) in [7, 11) is 0. The van der Waals surface area contributed by atoms with Crippen LogP contribution in [0.15, 0.2) is 23.3 Å². The number of rotatable bonds is 4. The first kappa shape index (κ1) is 13.5. The van der Waals surface area contributed by atoms with Crippen molar-refractivity contribution < 1.29 is 9.53 Å². The summed E-state index contributed by atoms with van der Waals surface area (Å²) in [5, 5.41) is 0. The predicted molar refractivity (Wildman–Crippen MR) is 62.2 cm³/mol. The van der Waals surface area contributed by atoms with Crippen LogP contribution in [0, 0.1) is 12.3 Å². The zero-order valence-electron chi connectivity index (χ0n) is 9.83. The minimum absolute atomic E-state index is 0.387. The Balaban J connectivity index is 4.50. The number of ether oxygens (including phenoxy) is 1. The first-order chi connectivity index (χ1) is 7.01. The molecule has 0 N–H and O–H groups in total. The predicted octanol–water partition coefficient (Wildman–Crippen LogP) is 2.85. The number of carbonyl (C=O) groups excluding carboxylic acids is 1. The molecule has 0 heterocycles. The molecule has 15 heavy (non-hydrogen) atoms. The molecule has 2 heteroatoms. The van der Waals surface area contributed by atoms with Gasteiger partial charge in [-0.25, -0.2) is 4.79 Å². The first-order valence-electron chi connectivity index (χ1n) is 4.99. The molecule has 0 aliphatic rings. The second-order valence-electron chi connectivity index (χ2n) is 3.56. The summed E-state index contributed by atoms with van der Waals surface area (Å²) in [6.45, 7) is 7.54. The van der Waals surface area contributed by atoms with E-state index in [1.54, 1.807) is 0 Å². The highest BCUT2D eigenvalue weighted by atomic mass is 16.5. The van der Waals surface area contributed by atoms with Crippen molar-refractivity contribution in [2.75, 3.05) is 0 Å². The summed E-state index contributed by atoms with van der Waals surface area (Å²) < 4.78 is 5.11. The lowest BCUT2D eigenvalue weighted by Gasteiger charge is -2.11. The summed E-state index contributed by atoms with van der Waals surface area (Å²) in [5.41, 5.74) is 1.79. The Morgan fingerprint density at radius 2 is 2.07 bits per heavy atom. The molecule has 0 aliphatic carbocycles. The fourth-order valence-electron chi connectivity index (χ4n) is 1.07. The van der Waals surface area contributed by atoms with Crippen LogP contribution in [0.25, 0.3) is 0 Å². The molecule has 0 amide bonds. The summed E-state index contributed by atoms with van der Waals surface area (Å²) in [5.74, 6) is 2.06. The van der Waals surface area contributed by atoms with Crippen LogP contribution in [0.3, 0.4) is 0 Å². The van der Waals surface area contributed by atoms with Crippen molar-refractivity contribution in [1.29, 1.82) is 0 Å². The molecule has 0 saturated carbocycles. The Morgan fingerprint density at radius 1 is 1.47 bits per heavy atom. The molecule has 0 rings (SSSR count). The van der Waals surface area contributed by atoms with E-state index in [4.69, 9.17) is 11.2 Å². The molecule has 0 radical (unpaired) electrons. The zero-order chi connectivity index (χ0) is 11.8. The SMILES string of the molecule is C#CC(OC(=O)C=C(C)C)C(C)=CCC. The lowest BCUT2D eigenvalue weighted by atomic mass is 10.1. The van der Waals surface area contributed by atoms with E-state index in [0.29, 0.717) is 0 Å². The highest BCUT2D eigenvalue weighted by Gasteiger charge is 2.11. The van der Waals surface area contributed by atoms with Crippen LogP contribution in [0.1, 0.15) is 34.1 Å². The number of allylic oxidation sites excluding steroid dienone is 2. The zero-order valence-corrected chi connectivity index (χ0v) is 9.83. The number of hydrogen-bond acceptors (Lipinski definition) is 2. The minimum atomic E-state index is -0.548. The molecule has 0 aliphatic heterocycles. The van der Waals surface area contributed by atoms with Crippen LogP contribution in [-0.4, -0.2) is 12.1 Å². The van der Waals surface area contributed by atoms with E-state index in [1.165, 1.54) is 6.08 Å². The molecule has 0 aromatic rings. The van der Waals surface area contributed by atoms with Gasteiger partial charge in [-0.1, -0.05) is 24.5 Å². The van der Waals surface area contributed by atoms with Gasteiger partial charge in [-0.3, -0.25) is 0 Å². The molecule has 2 nitrogen and oxygen atoms in total. The first-order valence-corrected chi connectivity index (χ1v) is 4.99. The van der Waals surface area contributed by atoms with Crippen molar-refractivity contribution in [2.24, 2.45) is 0 Å². The molecule has 82 valence electrons. The summed E-state index contributed by atoms with van der Waals surface area (Å²) in [6.07, 6.45) is 9.02. The normalized spacial score (nSPS) is 12.6. The quantitative estimate of drug-likeness (QED) is 0.306. The molecular formula is C13H18O2. The van der Waals surface area contributed by atoms with E-state index in [-0.39, 0.29) is 5.97 Å². The van der Waals surface area contributed by atoms with Crippen LogP contribution in [0.5, 0.6) is 0 Å². The highest BCUT2D eigenvalue weighted by Crippen LogP contribution is 2.07. The van der Waals surface area contributed by atoms with Crippen molar-refractivity contribution >= 4 is 5.97 Å². The molecule has 0 aromatic heterocycles. The molecule has 0 aromatic carbocycles. The molecular weight excluding hydrogens is 188 g/mol. The van der Waals surface area contributed by atoms with Gasteiger partial charge in [0.1, 0.15) is 0 Å². The average molecular weight is 206 g/mol. The van der Waals surface area contributed by atoms with E-state index in [9.17, 15) is 4.79 Å². The molecule has 1 unspecified atom stereocenters. The maximum atomic E-state index is 11.3. The van der Waals surface area contributed by atoms with Crippen LogP contribution in [0.2, 0.25) is 0 Å². The number of hydrogen-bond donors (Lipinski definition) is 0. The van der Waals surface area contributed by atoms with Crippen LogP contribution >= 0.6 is 0 Å². The summed E-state index contributed by atoms with van der Waals surface area (Å²) >= 11 is 0. The Labute approximate surface area is 92.0 Å². The maximum Gasteiger partial charge on any atom is 0.332 e. The molecule has 0 bridgehead atoms. The fourth-order valence-corrected chi connectivity index (χ4v) is 1.07. The number of esters is 1. The van der Waals surface area contributed by atoms with E-state index >= 15 is 0 Å². The van der Waals surface area contributed by atoms with Crippen molar-refractivity contribution in [1.82, 2.24) is 0 Å².